The summed E-state index contributed by atoms with van der Waals surface area (Å²) in [6, 6.07) is 62.5. The Balaban J connectivity index is 1.08. The van der Waals surface area contributed by atoms with Crippen molar-refractivity contribution in [3.8, 4) is 56.4 Å². The van der Waals surface area contributed by atoms with Gasteiger partial charge in [-0.3, -0.25) is 0 Å². The standard InChI is InChI=1S/C54H35N3O/c1-54(2)47-21-10-8-19-40(47)45-29-36(24-26-48(45)54)53-56-51(34-16-12-15-33(27-34)32-13-4-3-5-14-32)55-52(57-53)35-23-25-39-42(28-35)37-17-6-7-18-38(37)44-31-50-46(30-43(39)44)41-20-9-11-22-49(41)58-50/h3-31H,1-2H3. The van der Waals surface area contributed by atoms with Crippen LogP contribution in [0.2, 0.25) is 0 Å². The summed E-state index contributed by atoms with van der Waals surface area (Å²) in [4.78, 5) is 15.8. The molecule has 12 rings (SSSR count). The lowest BCUT2D eigenvalue weighted by atomic mass is 9.82. The molecule has 0 radical (unpaired) electrons. The number of aromatic nitrogens is 3. The Morgan fingerprint density at radius 2 is 0.879 bits per heavy atom. The van der Waals surface area contributed by atoms with Gasteiger partial charge in [-0.05, 0) is 102 Å². The molecule has 2 heterocycles. The number of benzene rings is 9. The molecule has 0 N–H and O–H groups in total. The molecule has 0 atom stereocenters. The second kappa shape index (κ2) is 12.3. The number of fused-ring (bicyclic) bond motifs is 12. The van der Waals surface area contributed by atoms with Gasteiger partial charge in [-0.15, -0.1) is 0 Å². The predicted molar refractivity (Wildman–Crippen MR) is 239 cm³/mol. The van der Waals surface area contributed by atoms with E-state index in [9.17, 15) is 0 Å². The van der Waals surface area contributed by atoms with Gasteiger partial charge >= 0.3 is 0 Å². The highest BCUT2D eigenvalue weighted by atomic mass is 16.3. The highest BCUT2D eigenvalue weighted by molar-refractivity contribution is 6.28. The van der Waals surface area contributed by atoms with Crippen molar-refractivity contribution in [3.63, 3.8) is 0 Å². The van der Waals surface area contributed by atoms with E-state index in [0.29, 0.717) is 17.5 Å². The highest BCUT2D eigenvalue weighted by Gasteiger charge is 2.35. The molecule has 1 aliphatic rings. The van der Waals surface area contributed by atoms with E-state index in [0.717, 1.165) is 55.1 Å². The monoisotopic (exact) mass is 741 g/mol. The molecule has 4 heteroatoms. The van der Waals surface area contributed by atoms with Crippen molar-refractivity contribution in [2.75, 3.05) is 0 Å². The zero-order valence-corrected chi connectivity index (χ0v) is 32.0. The van der Waals surface area contributed by atoms with Crippen LogP contribution in [0.1, 0.15) is 25.0 Å². The third-order valence-electron chi connectivity index (χ3n) is 12.3. The maximum Gasteiger partial charge on any atom is 0.164 e. The molecular formula is C54H35N3O. The van der Waals surface area contributed by atoms with Crippen LogP contribution in [-0.4, -0.2) is 15.0 Å². The summed E-state index contributed by atoms with van der Waals surface area (Å²) in [6.45, 7) is 4.62. The van der Waals surface area contributed by atoms with Gasteiger partial charge in [-0.25, -0.2) is 15.0 Å². The van der Waals surface area contributed by atoms with Crippen molar-refractivity contribution in [1.82, 2.24) is 15.0 Å². The van der Waals surface area contributed by atoms with Crippen LogP contribution >= 0.6 is 0 Å². The minimum absolute atomic E-state index is 0.0910. The minimum atomic E-state index is -0.0910. The van der Waals surface area contributed by atoms with E-state index >= 15 is 0 Å². The van der Waals surface area contributed by atoms with Gasteiger partial charge in [0.15, 0.2) is 17.5 Å². The zero-order chi connectivity index (χ0) is 38.5. The van der Waals surface area contributed by atoms with E-state index in [-0.39, 0.29) is 5.41 Å². The molecule has 4 nitrogen and oxygen atoms in total. The summed E-state index contributed by atoms with van der Waals surface area (Å²) in [7, 11) is 0. The molecule has 11 aromatic rings. The van der Waals surface area contributed by atoms with Crippen molar-refractivity contribution in [2.24, 2.45) is 0 Å². The van der Waals surface area contributed by atoms with E-state index in [2.05, 4.69) is 172 Å². The summed E-state index contributed by atoms with van der Waals surface area (Å²) >= 11 is 0. The largest absolute Gasteiger partial charge is 0.456 e. The fourth-order valence-electron chi connectivity index (χ4n) is 9.40. The molecule has 0 fully saturated rings. The molecule has 2 aromatic heterocycles. The lowest BCUT2D eigenvalue weighted by molar-refractivity contribution is 0.660. The van der Waals surface area contributed by atoms with Crippen molar-refractivity contribution >= 4 is 54.3 Å². The van der Waals surface area contributed by atoms with Crippen LogP contribution in [0.15, 0.2) is 180 Å². The minimum Gasteiger partial charge on any atom is -0.456 e. The third kappa shape index (κ3) is 4.91. The normalized spacial score (nSPS) is 13.1. The molecule has 0 saturated heterocycles. The predicted octanol–water partition coefficient (Wildman–Crippen LogP) is 14.2. The van der Waals surface area contributed by atoms with Crippen LogP contribution in [0.4, 0.5) is 0 Å². The zero-order valence-electron chi connectivity index (χ0n) is 32.0. The van der Waals surface area contributed by atoms with Crippen LogP contribution in [0.3, 0.4) is 0 Å². The lowest BCUT2D eigenvalue weighted by Gasteiger charge is -2.21. The molecule has 9 aromatic carbocycles. The van der Waals surface area contributed by atoms with Gasteiger partial charge in [0.2, 0.25) is 0 Å². The van der Waals surface area contributed by atoms with E-state index in [1.54, 1.807) is 0 Å². The van der Waals surface area contributed by atoms with Crippen molar-refractivity contribution in [2.45, 2.75) is 19.3 Å². The second-order valence-electron chi connectivity index (χ2n) is 16.0. The summed E-state index contributed by atoms with van der Waals surface area (Å²) in [5.41, 5.74) is 12.0. The molecule has 0 amide bonds. The fraction of sp³-hybridized carbons (Fsp3) is 0.0556. The quantitative estimate of drug-likeness (QED) is 0.169. The van der Waals surface area contributed by atoms with Gasteiger partial charge in [-0.1, -0.05) is 153 Å². The second-order valence-corrected chi connectivity index (χ2v) is 16.0. The smallest absolute Gasteiger partial charge is 0.164 e. The number of rotatable bonds is 4. The van der Waals surface area contributed by atoms with Gasteiger partial charge < -0.3 is 4.42 Å². The molecule has 272 valence electrons. The van der Waals surface area contributed by atoms with Crippen LogP contribution in [0, 0.1) is 0 Å². The van der Waals surface area contributed by atoms with Crippen LogP contribution in [-0.2, 0) is 5.41 Å². The molecule has 0 aliphatic heterocycles. The first kappa shape index (κ1) is 32.8. The Morgan fingerprint density at radius 3 is 1.67 bits per heavy atom. The van der Waals surface area contributed by atoms with Gasteiger partial charge in [-0.2, -0.15) is 0 Å². The first-order valence-electron chi connectivity index (χ1n) is 19.8. The molecule has 58 heavy (non-hydrogen) atoms. The van der Waals surface area contributed by atoms with Crippen LogP contribution in [0.5, 0.6) is 0 Å². The average molecular weight is 742 g/mol. The first-order chi connectivity index (χ1) is 28.5. The van der Waals surface area contributed by atoms with Crippen molar-refractivity contribution in [1.29, 1.82) is 0 Å². The Bertz CT molecular complexity index is 3490. The molecule has 0 saturated carbocycles. The summed E-state index contributed by atoms with van der Waals surface area (Å²) in [5.74, 6) is 1.92. The van der Waals surface area contributed by atoms with Gasteiger partial charge in [0.1, 0.15) is 11.2 Å². The lowest BCUT2D eigenvalue weighted by Crippen LogP contribution is -2.14. The SMILES string of the molecule is CC1(C)c2ccccc2-c2cc(-c3nc(-c4cccc(-c5ccccc5)c4)nc(-c4ccc5c(c4)c4ccccc4c4cc6oc7ccccc7c6cc54)n3)ccc21. The summed E-state index contributed by atoms with van der Waals surface area (Å²) in [6.07, 6.45) is 0. The number of furan rings is 1. The Morgan fingerprint density at radius 1 is 0.328 bits per heavy atom. The molecular weight excluding hydrogens is 707 g/mol. The fourth-order valence-corrected chi connectivity index (χ4v) is 9.40. The molecule has 1 aliphatic carbocycles. The maximum atomic E-state index is 6.36. The maximum absolute atomic E-state index is 6.36. The van der Waals surface area contributed by atoms with E-state index in [1.165, 1.54) is 49.2 Å². The van der Waals surface area contributed by atoms with E-state index in [1.807, 2.05) is 18.2 Å². The summed E-state index contributed by atoms with van der Waals surface area (Å²) in [5, 5.41) is 9.29. The van der Waals surface area contributed by atoms with E-state index < -0.39 is 0 Å². The van der Waals surface area contributed by atoms with Crippen molar-refractivity contribution < 1.29 is 4.42 Å². The number of para-hydroxylation sites is 1. The summed E-state index contributed by atoms with van der Waals surface area (Å²) < 4.78 is 6.36. The van der Waals surface area contributed by atoms with Gasteiger partial charge in [0.05, 0.1) is 0 Å². The Kier molecular flexibility index (Phi) is 6.94. The molecule has 0 bridgehead atoms. The van der Waals surface area contributed by atoms with Gasteiger partial charge in [0.25, 0.3) is 0 Å². The van der Waals surface area contributed by atoms with E-state index in [4.69, 9.17) is 19.4 Å². The first-order valence-corrected chi connectivity index (χ1v) is 19.8. The Hall–Kier alpha value is -7.43. The van der Waals surface area contributed by atoms with Crippen LogP contribution in [0.25, 0.3) is 111 Å². The molecule has 0 spiro atoms. The van der Waals surface area contributed by atoms with Gasteiger partial charge in [0, 0.05) is 32.9 Å². The number of hydrogen-bond donors (Lipinski definition) is 0. The number of nitrogens with zero attached hydrogens (tertiary/aromatic N) is 3. The Labute approximate surface area is 335 Å². The van der Waals surface area contributed by atoms with Crippen molar-refractivity contribution in [3.05, 3.63) is 187 Å². The van der Waals surface area contributed by atoms with Crippen LogP contribution < -0.4 is 0 Å². The topological polar surface area (TPSA) is 51.8 Å². The third-order valence-corrected chi connectivity index (χ3v) is 12.3. The number of hydrogen-bond acceptors (Lipinski definition) is 4. The highest BCUT2D eigenvalue weighted by Crippen LogP contribution is 2.49. The molecule has 0 unspecified atom stereocenters. The average Bonchev–Trinajstić information content (AvgIpc) is 3.76.